The monoisotopic (exact) mass is 207 g/mol. The number of hydrogen-bond acceptors (Lipinski definition) is 2. The lowest BCUT2D eigenvalue weighted by molar-refractivity contribution is 0.542. The Morgan fingerprint density at radius 3 is 3.20 bits per heavy atom. The number of fused-ring (bicyclic) bond motifs is 1. The number of nitrogens with two attached hydrogens (primary N) is 1. The predicted octanol–water partition coefficient (Wildman–Crippen LogP) is 2.41. The Morgan fingerprint density at radius 1 is 1.53 bits per heavy atom. The van der Waals surface area contributed by atoms with Crippen molar-refractivity contribution in [3.63, 3.8) is 0 Å². The van der Waals surface area contributed by atoms with Gasteiger partial charge < -0.3 is 5.73 Å². The summed E-state index contributed by atoms with van der Waals surface area (Å²) in [5, 5.41) is 4.46. The highest BCUT2D eigenvalue weighted by atomic mass is 15.3. The van der Waals surface area contributed by atoms with Crippen molar-refractivity contribution in [2.24, 2.45) is 5.73 Å². The van der Waals surface area contributed by atoms with E-state index in [0.29, 0.717) is 0 Å². The van der Waals surface area contributed by atoms with E-state index in [2.05, 4.69) is 16.7 Å². The summed E-state index contributed by atoms with van der Waals surface area (Å²) in [7, 11) is 0. The molecule has 3 nitrogen and oxygen atoms in total. The van der Waals surface area contributed by atoms with Crippen molar-refractivity contribution in [3.8, 4) is 0 Å². The largest absolute Gasteiger partial charge is 0.324 e. The van der Waals surface area contributed by atoms with Crippen molar-refractivity contribution in [3.05, 3.63) is 17.5 Å². The summed E-state index contributed by atoms with van der Waals surface area (Å²) in [6.07, 6.45) is 9.21. The smallest absolute Gasteiger partial charge is 0.0540 e. The molecule has 0 fully saturated rings. The van der Waals surface area contributed by atoms with Crippen LogP contribution in [0.4, 0.5) is 0 Å². The number of aromatic nitrogens is 2. The van der Waals surface area contributed by atoms with E-state index in [0.717, 1.165) is 19.4 Å². The van der Waals surface area contributed by atoms with E-state index in [1.165, 1.54) is 36.9 Å². The van der Waals surface area contributed by atoms with Crippen LogP contribution in [0.5, 0.6) is 0 Å². The molecule has 0 amide bonds. The second-order valence-corrected chi connectivity index (χ2v) is 4.48. The highest BCUT2D eigenvalue weighted by molar-refractivity contribution is 5.23. The zero-order chi connectivity index (χ0) is 10.7. The Hall–Kier alpha value is -0.830. The van der Waals surface area contributed by atoms with E-state index in [1.807, 2.05) is 6.20 Å². The van der Waals surface area contributed by atoms with Crippen LogP contribution in [-0.2, 0) is 13.0 Å². The highest BCUT2D eigenvalue weighted by Gasteiger charge is 2.19. The Balaban J connectivity index is 2.19. The van der Waals surface area contributed by atoms with Crippen LogP contribution >= 0.6 is 0 Å². The van der Waals surface area contributed by atoms with Gasteiger partial charge in [0.2, 0.25) is 0 Å². The molecule has 0 aromatic carbocycles. The maximum absolute atomic E-state index is 6.14. The number of rotatable bonds is 3. The van der Waals surface area contributed by atoms with Crippen molar-refractivity contribution in [1.29, 1.82) is 0 Å². The van der Waals surface area contributed by atoms with Gasteiger partial charge in [0.25, 0.3) is 0 Å². The lowest BCUT2D eigenvalue weighted by atomic mass is 10.1. The third-order valence-corrected chi connectivity index (χ3v) is 3.28. The zero-order valence-electron chi connectivity index (χ0n) is 9.58. The van der Waals surface area contributed by atoms with Gasteiger partial charge in [0, 0.05) is 23.8 Å². The third-order valence-electron chi connectivity index (χ3n) is 3.28. The number of aryl methyl sites for hydroxylation is 1. The molecule has 3 heteroatoms. The van der Waals surface area contributed by atoms with Gasteiger partial charge in [-0.05, 0) is 25.7 Å². The van der Waals surface area contributed by atoms with Gasteiger partial charge in [-0.15, -0.1) is 0 Å². The molecule has 0 spiro atoms. The van der Waals surface area contributed by atoms with E-state index >= 15 is 0 Å². The van der Waals surface area contributed by atoms with E-state index in [9.17, 15) is 0 Å². The molecular formula is C12H21N3. The Bertz CT molecular complexity index is 317. The SMILES string of the molecule is CCCCn1ncc2c1CCCCC2N. The minimum Gasteiger partial charge on any atom is -0.324 e. The number of unbranched alkanes of at least 4 members (excludes halogenated alkanes) is 1. The topological polar surface area (TPSA) is 43.8 Å². The minimum atomic E-state index is 0.220. The standard InChI is InChI=1S/C12H21N3/c1-2-3-8-15-12-7-5-4-6-11(13)10(12)9-14-15/h9,11H,2-8,13H2,1H3. The number of nitrogens with zero attached hydrogens (tertiary/aromatic N) is 2. The molecule has 2 rings (SSSR count). The van der Waals surface area contributed by atoms with Gasteiger partial charge in [0.05, 0.1) is 6.20 Å². The molecule has 1 aliphatic carbocycles. The molecule has 1 heterocycles. The van der Waals surface area contributed by atoms with E-state index in [1.54, 1.807) is 0 Å². The average Bonchev–Trinajstić information content (AvgIpc) is 2.55. The summed E-state index contributed by atoms with van der Waals surface area (Å²) in [6.45, 7) is 3.27. The van der Waals surface area contributed by atoms with Gasteiger partial charge in [-0.2, -0.15) is 5.10 Å². The van der Waals surface area contributed by atoms with Crippen LogP contribution in [0.25, 0.3) is 0 Å². The maximum atomic E-state index is 6.14. The van der Waals surface area contributed by atoms with Gasteiger partial charge in [0.15, 0.2) is 0 Å². The van der Waals surface area contributed by atoms with Gasteiger partial charge in [-0.25, -0.2) is 0 Å². The van der Waals surface area contributed by atoms with Gasteiger partial charge >= 0.3 is 0 Å². The molecule has 84 valence electrons. The fraction of sp³-hybridized carbons (Fsp3) is 0.750. The average molecular weight is 207 g/mol. The van der Waals surface area contributed by atoms with Crippen molar-refractivity contribution in [2.45, 2.75) is 58.0 Å². The van der Waals surface area contributed by atoms with Gasteiger partial charge in [-0.1, -0.05) is 19.8 Å². The molecule has 1 atom stereocenters. The predicted molar refractivity (Wildman–Crippen MR) is 61.6 cm³/mol. The molecular weight excluding hydrogens is 186 g/mol. The Kier molecular flexibility index (Phi) is 3.41. The first kappa shape index (κ1) is 10.7. The molecule has 1 aromatic heterocycles. The molecule has 1 aromatic rings. The van der Waals surface area contributed by atoms with Gasteiger partial charge in [-0.3, -0.25) is 4.68 Å². The quantitative estimate of drug-likeness (QED) is 0.773. The van der Waals surface area contributed by atoms with Crippen LogP contribution in [0.2, 0.25) is 0 Å². The first-order chi connectivity index (χ1) is 7.33. The second-order valence-electron chi connectivity index (χ2n) is 4.48. The molecule has 0 saturated heterocycles. The normalized spacial score (nSPS) is 21.1. The van der Waals surface area contributed by atoms with Crippen molar-refractivity contribution in [1.82, 2.24) is 9.78 Å². The van der Waals surface area contributed by atoms with Crippen LogP contribution in [-0.4, -0.2) is 9.78 Å². The number of hydrogen-bond donors (Lipinski definition) is 1. The molecule has 0 radical (unpaired) electrons. The zero-order valence-corrected chi connectivity index (χ0v) is 9.58. The van der Waals surface area contributed by atoms with E-state index in [-0.39, 0.29) is 6.04 Å². The third kappa shape index (κ3) is 2.23. The van der Waals surface area contributed by atoms with Crippen LogP contribution in [0.3, 0.4) is 0 Å². The summed E-state index contributed by atoms with van der Waals surface area (Å²) >= 11 is 0. The second kappa shape index (κ2) is 4.79. The summed E-state index contributed by atoms with van der Waals surface area (Å²) in [6, 6.07) is 0.220. The fourth-order valence-corrected chi connectivity index (χ4v) is 2.32. The summed E-state index contributed by atoms with van der Waals surface area (Å²) in [4.78, 5) is 0. The minimum absolute atomic E-state index is 0.220. The molecule has 2 N–H and O–H groups in total. The van der Waals surface area contributed by atoms with E-state index < -0.39 is 0 Å². The van der Waals surface area contributed by atoms with Crippen molar-refractivity contribution >= 4 is 0 Å². The lowest BCUT2D eigenvalue weighted by Crippen LogP contribution is -2.11. The van der Waals surface area contributed by atoms with Crippen molar-refractivity contribution < 1.29 is 0 Å². The van der Waals surface area contributed by atoms with Crippen LogP contribution < -0.4 is 5.73 Å². The summed E-state index contributed by atoms with van der Waals surface area (Å²) in [5.74, 6) is 0. The van der Waals surface area contributed by atoms with Crippen LogP contribution in [0.1, 0.15) is 56.3 Å². The summed E-state index contributed by atoms with van der Waals surface area (Å²) in [5.41, 5.74) is 8.83. The first-order valence-electron chi connectivity index (χ1n) is 6.13. The Morgan fingerprint density at radius 2 is 2.40 bits per heavy atom. The lowest BCUT2D eigenvalue weighted by Gasteiger charge is -2.09. The first-order valence-corrected chi connectivity index (χ1v) is 6.13. The highest BCUT2D eigenvalue weighted by Crippen LogP contribution is 2.26. The van der Waals surface area contributed by atoms with Crippen LogP contribution in [0, 0.1) is 0 Å². The maximum Gasteiger partial charge on any atom is 0.0540 e. The summed E-state index contributed by atoms with van der Waals surface area (Å²) < 4.78 is 2.17. The van der Waals surface area contributed by atoms with E-state index in [4.69, 9.17) is 5.73 Å². The fourth-order valence-electron chi connectivity index (χ4n) is 2.32. The molecule has 15 heavy (non-hydrogen) atoms. The molecule has 0 aliphatic heterocycles. The Labute approximate surface area is 91.7 Å². The van der Waals surface area contributed by atoms with Crippen LogP contribution in [0.15, 0.2) is 6.20 Å². The molecule has 1 unspecified atom stereocenters. The molecule has 1 aliphatic rings. The molecule has 0 saturated carbocycles. The molecule has 0 bridgehead atoms. The van der Waals surface area contributed by atoms with Gasteiger partial charge in [0.1, 0.15) is 0 Å². The van der Waals surface area contributed by atoms with Crippen molar-refractivity contribution in [2.75, 3.05) is 0 Å².